The molecule has 1 aromatic heterocycles. The van der Waals surface area contributed by atoms with Crippen LogP contribution in [0.15, 0.2) is 41.2 Å². The number of hydrogen-bond donors (Lipinski definition) is 1. The van der Waals surface area contributed by atoms with Gasteiger partial charge in [0.25, 0.3) is 17.9 Å². The number of ether oxygens (including phenoxy) is 1. The smallest absolute Gasteiger partial charge is 0.263 e. The molecule has 2 heterocycles. The van der Waals surface area contributed by atoms with Crippen molar-refractivity contribution in [3.8, 4) is 0 Å². The Morgan fingerprint density at radius 2 is 1.77 bits per heavy atom. The lowest BCUT2D eigenvalue weighted by molar-refractivity contribution is 0.0335. The summed E-state index contributed by atoms with van der Waals surface area (Å²) in [4.78, 5) is 29.2. The van der Waals surface area contributed by atoms with Crippen molar-refractivity contribution < 1.29 is 27.1 Å². The summed E-state index contributed by atoms with van der Waals surface area (Å²) in [5.74, 6) is -2.74. The van der Waals surface area contributed by atoms with Gasteiger partial charge in [-0.25, -0.2) is 17.6 Å². The quantitative estimate of drug-likeness (QED) is 0.650. The SMILES string of the molecule is CN(C(=O)c1ccc(C(F)F)cc1)C1COCc2[nH]c(=O)c3cc(F)c(F)cc3c21. The molecule has 1 amide bonds. The van der Waals surface area contributed by atoms with Crippen LogP contribution < -0.4 is 5.56 Å². The van der Waals surface area contributed by atoms with E-state index in [-0.39, 0.29) is 35.1 Å². The number of rotatable bonds is 3. The summed E-state index contributed by atoms with van der Waals surface area (Å²) in [5.41, 5.74) is 0.197. The van der Waals surface area contributed by atoms with E-state index >= 15 is 0 Å². The molecule has 0 saturated carbocycles. The number of aromatic nitrogens is 1. The Balaban J connectivity index is 1.78. The van der Waals surface area contributed by atoms with Gasteiger partial charge in [0.15, 0.2) is 11.6 Å². The van der Waals surface area contributed by atoms with E-state index in [4.69, 9.17) is 4.74 Å². The lowest BCUT2D eigenvalue weighted by atomic mass is 9.95. The fraction of sp³-hybridized carbons (Fsp3) is 0.238. The highest BCUT2D eigenvalue weighted by molar-refractivity contribution is 5.95. The second-order valence-corrected chi connectivity index (χ2v) is 7.03. The molecule has 4 rings (SSSR count). The molecule has 0 saturated heterocycles. The maximum absolute atomic E-state index is 13.9. The molecule has 0 radical (unpaired) electrons. The number of likely N-dealkylation sites (N-methyl/N-ethyl adjacent to an activating group) is 1. The van der Waals surface area contributed by atoms with E-state index in [0.29, 0.717) is 11.3 Å². The molecule has 9 heteroatoms. The summed E-state index contributed by atoms with van der Waals surface area (Å²) in [6.07, 6.45) is -2.65. The summed E-state index contributed by atoms with van der Waals surface area (Å²) in [6, 6.07) is 5.98. The maximum atomic E-state index is 13.9. The van der Waals surface area contributed by atoms with Crippen LogP contribution in [-0.4, -0.2) is 29.4 Å². The van der Waals surface area contributed by atoms with Gasteiger partial charge in [0.1, 0.15) is 0 Å². The predicted octanol–water partition coefficient (Wildman–Crippen LogP) is 4.09. The third-order valence-electron chi connectivity index (χ3n) is 5.24. The van der Waals surface area contributed by atoms with Crippen molar-refractivity contribution >= 4 is 16.7 Å². The number of pyridine rings is 1. The van der Waals surface area contributed by atoms with Crippen LogP contribution in [0.25, 0.3) is 10.8 Å². The Morgan fingerprint density at radius 1 is 1.13 bits per heavy atom. The van der Waals surface area contributed by atoms with Gasteiger partial charge in [0, 0.05) is 29.4 Å². The predicted molar refractivity (Wildman–Crippen MR) is 100 cm³/mol. The van der Waals surface area contributed by atoms with Crippen LogP contribution in [-0.2, 0) is 11.3 Å². The van der Waals surface area contributed by atoms with Crippen molar-refractivity contribution in [3.63, 3.8) is 0 Å². The second kappa shape index (κ2) is 7.56. The number of aromatic amines is 1. The normalized spacial score (nSPS) is 16.0. The molecule has 5 nitrogen and oxygen atoms in total. The number of H-pyrrole nitrogens is 1. The highest BCUT2D eigenvalue weighted by atomic mass is 19.3. The Bertz CT molecular complexity index is 1190. The number of halogens is 4. The fourth-order valence-corrected chi connectivity index (χ4v) is 3.66. The minimum atomic E-state index is -2.65. The van der Waals surface area contributed by atoms with Crippen LogP contribution in [0.1, 0.15) is 39.6 Å². The molecule has 0 fully saturated rings. The van der Waals surface area contributed by atoms with Crippen molar-refractivity contribution in [3.05, 3.63) is 80.8 Å². The van der Waals surface area contributed by atoms with Crippen molar-refractivity contribution in [2.24, 2.45) is 0 Å². The van der Waals surface area contributed by atoms with E-state index in [1.165, 1.54) is 36.2 Å². The van der Waals surface area contributed by atoms with E-state index in [2.05, 4.69) is 4.98 Å². The van der Waals surface area contributed by atoms with Crippen LogP contribution in [0.3, 0.4) is 0 Å². The number of nitrogens with zero attached hydrogens (tertiary/aromatic N) is 1. The van der Waals surface area contributed by atoms with Gasteiger partial charge in [-0.05, 0) is 29.7 Å². The van der Waals surface area contributed by atoms with Gasteiger partial charge in [-0.3, -0.25) is 9.59 Å². The van der Waals surface area contributed by atoms with Crippen LogP contribution in [0.4, 0.5) is 17.6 Å². The number of benzene rings is 2. The van der Waals surface area contributed by atoms with Gasteiger partial charge >= 0.3 is 0 Å². The second-order valence-electron chi connectivity index (χ2n) is 7.03. The molecule has 1 aliphatic heterocycles. The van der Waals surface area contributed by atoms with Gasteiger partial charge in [0.2, 0.25) is 0 Å². The van der Waals surface area contributed by atoms with Crippen molar-refractivity contribution in [2.75, 3.05) is 13.7 Å². The monoisotopic (exact) mass is 420 g/mol. The Kier molecular flexibility index (Phi) is 5.07. The fourth-order valence-electron chi connectivity index (χ4n) is 3.66. The molecular weight excluding hydrogens is 404 g/mol. The Labute approximate surface area is 167 Å². The molecule has 1 atom stereocenters. The molecular formula is C21H16F4N2O3. The number of nitrogens with one attached hydrogen (secondary N) is 1. The van der Waals surface area contributed by atoms with Crippen LogP contribution >= 0.6 is 0 Å². The van der Waals surface area contributed by atoms with E-state index in [1.54, 1.807) is 0 Å². The molecule has 1 unspecified atom stereocenters. The van der Waals surface area contributed by atoms with E-state index in [9.17, 15) is 27.2 Å². The number of hydrogen-bond acceptors (Lipinski definition) is 3. The lowest BCUT2D eigenvalue weighted by Crippen LogP contribution is -2.37. The summed E-state index contributed by atoms with van der Waals surface area (Å²) in [5, 5.41) is 0.148. The van der Waals surface area contributed by atoms with Crippen molar-refractivity contribution in [1.82, 2.24) is 9.88 Å². The molecule has 156 valence electrons. The zero-order chi connectivity index (χ0) is 21.6. The summed E-state index contributed by atoms with van der Waals surface area (Å²) >= 11 is 0. The summed E-state index contributed by atoms with van der Waals surface area (Å²) in [7, 11) is 1.49. The standard InChI is InChI=1S/C21H16F4N2O3/c1-27(21(29)11-4-2-10(3-5-11)19(24)25)17-9-30-8-16-18(17)12-6-14(22)15(23)7-13(12)20(28)26-16/h2-7,17,19H,8-9H2,1H3,(H,26,28). The molecule has 2 aromatic carbocycles. The molecule has 1 N–H and O–H groups in total. The van der Waals surface area contributed by atoms with Gasteiger partial charge in [-0.2, -0.15) is 0 Å². The molecule has 0 bridgehead atoms. The van der Waals surface area contributed by atoms with E-state index in [1.807, 2.05) is 0 Å². The number of amides is 1. The summed E-state index contributed by atoms with van der Waals surface area (Å²) in [6.45, 7) is 0.103. The first kappa shape index (κ1) is 20.1. The van der Waals surface area contributed by atoms with Crippen LogP contribution in [0.2, 0.25) is 0 Å². The molecule has 1 aliphatic rings. The number of alkyl halides is 2. The first-order valence-electron chi connectivity index (χ1n) is 9.04. The van der Waals surface area contributed by atoms with Gasteiger partial charge in [-0.1, -0.05) is 12.1 Å². The van der Waals surface area contributed by atoms with Gasteiger partial charge in [-0.15, -0.1) is 0 Å². The van der Waals surface area contributed by atoms with Crippen molar-refractivity contribution in [2.45, 2.75) is 19.1 Å². The molecule has 30 heavy (non-hydrogen) atoms. The molecule has 0 aliphatic carbocycles. The summed E-state index contributed by atoms with van der Waals surface area (Å²) < 4.78 is 58.6. The third-order valence-corrected chi connectivity index (χ3v) is 5.24. The topological polar surface area (TPSA) is 62.4 Å². The van der Waals surface area contributed by atoms with Gasteiger partial charge < -0.3 is 14.6 Å². The minimum Gasteiger partial charge on any atom is -0.373 e. The number of carbonyl (C=O) groups is 1. The van der Waals surface area contributed by atoms with Crippen LogP contribution in [0.5, 0.6) is 0 Å². The average Bonchev–Trinajstić information content (AvgIpc) is 2.73. The Morgan fingerprint density at radius 3 is 2.40 bits per heavy atom. The van der Waals surface area contributed by atoms with Crippen LogP contribution in [0, 0.1) is 11.6 Å². The average molecular weight is 420 g/mol. The van der Waals surface area contributed by atoms with Crippen molar-refractivity contribution in [1.29, 1.82) is 0 Å². The maximum Gasteiger partial charge on any atom is 0.263 e. The lowest BCUT2D eigenvalue weighted by Gasteiger charge is -2.34. The molecule has 0 spiro atoms. The highest BCUT2D eigenvalue weighted by Gasteiger charge is 2.31. The molecule has 3 aromatic rings. The van der Waals surface area contributed by atoms with E-state index in [0.717, 1.165) is 12.1 Å². The Hall–Kier alpha value is -3.20. The first-order chi connectivity index (χ1) is 14.3. The number of fused-ring (bicyclic) bond motifs is 3. The minimum absolute atomic E-state index is 0.0401. The van der Waals surface area contributed by atoms with E-state index < -0.39 is 35.6 Å². The zero-order valence-electron chi connectivity index (χ0n) is 15.7. The third kappa shape index (κ3) is 3.35. The number of carbonyl (C=O) groups excluding carboxylic acids is 1. The first-order valence-corrected chi connectivity index (χ1v) is 9.04. The largest absolute Gasteiger partial charge is 0.373 e. The zero-order valence-corrected chi connectivity index (χ0v) is 15.7. The highest BCUT2D eigenvalue weighted by Crippen LogP contribution is 2.34. The van der Waals surface area contributed by atoms with Gasteiger partial charge in [0.05, 0.1) is 24.6 Å².